The summed E-state index contributed by atoms with van der Waals surface area (Å²) in [5, 5.41) is 11.4. The molecule has 102 valence electrons. The van der Waals surface area contributed by atoms with Crippen LogP contribution in [0.4, 0.5) is 5.69 Å². The predicted molar refractivity (Wildman–Crippen MR) is 79.0 cm³/mol. The summed E-state index contributed by atoms with van der Waals surface area (Å²) in [6.07, 6.45) is 1.72. The lowest BCUT2D eigenvalue weighted by molar-refractivity contribution is 0.454. The van der Waals surface area contributed by atoms with Crippen LogP contribution in [0.5, 0.6) is 5.88 Å². The molecule has 1 aliphatic rings. The highest BCUT2D eigenvalue weighted by atomic mass is 16.3. The van der Waals surface area contributed by atoms with Gasteiger partial charge in [-0.1, -0.05) is 24.3 Å². The number of benzene rings is 2. The van der Waals surface area contributed by atoms with Gasteiger partial charge in [-0.25, -0.2) is 9.79 Å². The molecule has 3 aromatic rings. The second kappa shape index (κ2) is 4.21. The third kappa shape index (κ3) is 1.87. The molecule has 0 spiro atoms. The van der Waals surface area contributed by atoms with E-state index in [9.17, 15) is 9.90 Å². The molecular weight excluding hydrogens is 266 g/mol. The van der Waals surface area contributed by atoms with E-state index in [4.69, 9.17) is 0 Å². The first-order valence-electron chi connectivity index (χ1n) is 6.52. The number of fused-ring (bicyclic) bond motifs is 3. The van der Waals surface area contributed by atoms with Crippen LogP contribution in [-0.2, 0) is 0 Å². The van der Waals surface area contributed by atoms with Crippen LogP contribution in [0.15, 0.2) is 52.3 Å². The number of hydrogen-bond donors (Lipinski definition) is 3. The molecule has 5 heteroatoms. The summed E-state index contributed by atoms with van der Waals surface area (Å²) in [6.45, 7) is 0. The summed E-state index contributed by atoms with van der Waals surface area (Å²) >= 11 is 0. The zero-order valence-corrected chi connectivity index (χ0v) is 10.9. The molecule has 0 aliphatic carbocycles. The Labute approximate surface area is 118 Å². The summed E-state index contributed by atoms with van der Waals surface area (Å²) < 4.78 is 0. The van der Waals surface area contributed by atoms with Gasteiger partial charge in [-0.3, -0.25) is 4.98 Å². The van der Waals surface area contributed by atoms with Gasteiger partial charge in [0.1, 0.15) is 5.69 Å². The van der Waals surface area contributed by atoms with Crippen molar-refractivity contribution in [2.24, 2.45) is 4.99 Å². The van der Waals surface area contributed by atoms with Crippen LogP contribution >= 0.6 is 0 Å². The number of aromatic amines is 2. The molecule has 0 radical (unpaired) electrons. The first-order valence-corrected chi connectivity index (χ1v) is 6.52. The minimum atomic E-state index is -0.430. The molecule has 0 bridgehead atoms. The van der Waals surface area contributed by atoms with E-state index in [-0.39, 0.29) is 5.88 Å². The fraction of sp³-hybridized carbons (Fsp3) is 0. The quantitative estimate of drug-likeness (QED) is 0.488. The van der Waals surface area contributed by atoms with Crippen molar-refractivity contribution in [2.75, 3.05) is 0 Å². The van der Waals surface area contributed by atoms with E-state index in [2.05, 4.69) is 15.0 Å². The second-order valence-electron chi connectivity index (χ2n) is 4.89. The molecule has 0 saturated carbocycles. The highest BCUT2D eigenvalue weighted by molar-refractivity contribution is 5.79. The molecule has 4 rings (SSSR count). The van der Waals surface area contributed by atoms with Gasteiger partial charge in [-0.15, -0.1) is 0 Å². The van der Waals surface area contributed by atoms with Gasteiger partial charge in [0.25, 0.3) is 0 Å². The predicted octanol–water partition coefficient (Wildman–Crippen LogP) is 1.17. The van der Waals surface area contributed by atoms with Gasteiger partial charge in [-0.05, 0) is 29.5 Å². The Balaban J connectivity index is 1.92. The summed E-state index contributed by atoms with van der Waals surface area (Å²) in [4.78, 5) is 20.5. The van der Waals surface area contributed by atoms with Gasteiger partial charge in [0.15, 0.2) is 0 Å². The number of H-pyrrole nitrogens is 2. The lowest BCUT2D eigenvalue weighted by Crippen LogP contribution is -2.09. The number of imidazole rings is 1. The zero-order valence-electron chi connectivity index (χ0n) is 10.9. The molecule has 0 fully saturated rings. The monoisotopic (exact) mass is 277 g/mol. The van der Waals surface area contributed by atoms with Crippen LogP contribution < -0.4 is 16.3 Å². The average Bonchev–Trinajstić information content (AvgIpc) is 2.99. The lowest BCUT2D eigenvalue weighted by atomic mass is 10.0. The van der Waals surface area contributed by atoms with Crippen LogP contribution in [0.2, 0.25) is 0 Å². The number of aromatic hydroxyl groups is 1. The van der Waals surface area contributed by atoms with Gasteiger partial charge < -0.3 is 10.1 Å². The van der Waals surface area contributed by atoms with Crippen molar-refractivity contribution in [1.29, 1.82) is 0 Å². The Kier molecular flexibility index (Phi) is 2.35. The largest absolute Gasteiger partial charge is 0.493 e. The Morgan fingerprint density at radius 1 is 1.05 bits per heavy atom. The molecular formula is C16H11N3O2. The summed E-state index contributed by atoms with van der Waals surface area (Å²) in [5.74, 6) is -0.161. The van der Waals surface area contributed by atoms with Crippen molar-refractivity contribution >= 4 is 11.8 Å². The minimum absolute atomic E-state index is 0.161. The summed E-state index contributed by atoms with van der Waals surface area (Å²) in [7, 11) is 0. The van der Waals surface area contributed by atoms with Crippen molar-refractivity contribution in [1.82, 2.24) is 9.97 Å². The second-order valence-corrected chi connectivity index (χ2v) is 4.89. The number of rotatable bonds is 1. The first-order chi connectivity index (χ1) is 10.2. The van der Waals surface area contributed by atoms with E-state index in [0.717, 1.165) is 27.4 Å². The van der Waals surface area contributed by atoms with E-state index in [1.54, 1.807) is 6.08 Å². The number of para-hydroxylation sites is 1. The zero-order chi connectivity index (χ0) is 14.4. The highest BCUT2D eigenvalue weighted by Gasteiger charge is 2.12. The Morgan fingerprint density at radius 2 is 1.90 bits per heavy atom. The average molecular weight is 277 g/mol. The normalized spacial score (nSPS) is 12.9. The molecule has 0 amide bonds. The number of nitrogens with one attached hydrogen (secondary N) is 2. The molecule has 2 aromatic carbocycles. The van der Waals surface area contributed by atoms with E-state index in [1.807, 2.05) is 42.5 Å². The summed E-state index contributed by atoms with van der Waals surface area (Å²) in [5.41, 5.74) is 3.04. The van der Waals surface area contributed by atoms with Crippen LogP contribution in [0.3, 0.4) is 0 Å². The third-order valence-corrected chi connectivity index (χ3v) is 3.50. The fourth-order valence-corrected chi connectivity index (χ4v) is 2.54. The minimum Gasteiger partial charge on any atom is -0.493 e. The van der Waals surface area contributed by atoms with Crippen LogP contribution in [-0.4, -0.2) is 15.1 Å². The van der Waals surface area contributed by atoms with E-state index < -0.39 is 5.69 Å². The molecule has 1 aliphatic heterocycles. The molecule has 0 saturated heterocycles. The van der Waals surface area contributed by atoms with Gasteiger partial charge in [0.05, 0.1) is 11.0 Å². The van der Waals surface area contributed by atoms with Crippen LogP contribution in [0, 0.1) is 0 Å². The molecule has 3 N–H and O–H groups in total. The molecule has 0 atom stereocenters. The number of hydrogen-bond acceptors (Lipinski definition) is 3. The van der Waals surface area contributed by atoms with Gasteiger partial charge >= 0.3 is 5.69 Å². The Bertz CT molecular complexity index is 1030. The number of aromatic nitrogens is 2. The van der Waals surface area contributed by atoms with Gasteiger partial charge in [-0.2, -0.15) is 0 Å². The van der Waals surface area contributed by atoms with Crippen LogP contribution in [0.1, 0.15) is 5.69 Å². The SMILES string of the molecule is O=c1[nH]c(O)c(C=c2ccc3c(c2)-c2ccccc2N=3)[nH]1. The first kappa shape index (κ1) is 11.7. The molecule has 2 heterocycles. The summed E-state index contributed by atoms with van der Waals surface area (Å²) in [6, 6.07) is 13.8. The molecule has 0 unspecified atom stereocenters. The lowest BCUT2D eigenvalue weighted by Gasteiger charge is -1.98. The van der Waals surface area contributed by atoms with Crippen molar-refractivity contribution in [3.05, 3.63) is 69.2 Å². The van der Waals surface area contributed by atoms with Crippen molar-refractivity contribution in [2.45, 2.75) is 0 Å². The fourth-order valence-electron chi connectivity index (χ4n) is 2.54. The van der Waals surface area contributed by atoms with Gasteiger partial charge in [0, 0.05) is 11.1 Å². The maximum absolute atomic E-state index is 11.1. The van der Waals surface area contributed by atoms with Gasteiger partial charge in [0.2, 0.25) is 5.88 Å². The van der Waals surface area contributed by atoms with Crippen molar-refractivity contribution in [3.8, 4) is 17.0 Å². The topological polar surface area (TPSA) is 81.2 Å². The smallest absolute Gasteiger partial charge is 0.326 e. The van der Waals surface area contributed by atoms with Crippen molar-refractivity contribution in [3.63, 3.8) is 0 Å². The molecule has 5 nitrogen and oxygen atoms in total. The molecule has 1 aromatic heterocycles. The van der Waals surface area contributed by atoms with Crippen molar-refractivity contribution < 1.29 is 5.11 Å². The van der Waals surface area contributed by atoms with E-state index >= 15 is 0 Å². The standard InChI is InChI=1S/C16H11N3O2/c20-15-14(18-16(21)19-15)8-9-5-6-13-11(7-9)10-3-1-2-4-12(10)17-13/h1-8,20H,(H2,18,19,21). The maximum atomic E-state index is 11.1. The van der Waals surface area contributed by atoms with Crippen LogP contribution in [0.25, 0.3) is 17.2 Å². The number of nitrogens with zero attached hydrogens (tertiary/aromatic N) is 1. The van der Waals surface area contributed by atoms with E-state index in [1.165, 1.54) is 0 Å². The maximum Gasteiger partial charge on any atom is 0.326 e. The Hall–Kier alpha value is -3.08. The Morgan fingerprint density at radius 3 is 2.71 bits per heavy atom. The molecule has 21 heavy (non-hydrogen) atoms. The highest BCUT2D eigenvalue weighted by Crippen LogP contribution is 2.30. The third-order valence-electron chi connectivity index (χ3n) is 3.50. The van der Waals surface area contributed by atoms with E-state index in [0.29, 0.717) is 5.69 Å².